The quantitative estimate of drug-likeness (QED) is 0.664. The number of aryl methyl sites for hydroxylation is 1. The summed E-state index contributed by atoms with van der Waals surface area (Å²) in [5.41, 5.74) is 2.61. The SMILES string of the molecule is Cc1ccc(S(=O)(=O)NCC(c2ccc(F)cc2)c2ccc3c(c2)OCO3)cc1. The van der Waals surface area contributed by atoms with Crippen LogP contribution in [0, 0.1) is 12.7 Å². The van der Waals surface area contributed by atoms with Crippen LogP contribution in [0.15, 0.2) is 71.6 Å². The highest BCUT2D eigenvalue weighted by Gasteiger charge is 2.22. The molecule has 0 saturated heterocycles. The van der Waals surface area contributed by atoms with Gasteiger partial charge in [0.25, 0.3) is 0 Å². The van der Waals surface area contributed by atoms with Crippen LogP contribution in [0.2, 0.25) is 0 Å². The molecule has 3 aromatic rings. The second kappa shape index (κ2) is 7.85. The smallest absolute Gasteiger partial charge is 0.240 e. The molecule has 1 aliphatic heterocycles. The number of hydrogen-bond acceptors (Lipinski definition) is 4. The summed E-state index contributed by atoms with van der Waals surface area (Å²) >= 11 is 0. The lowest BCUT2D eigenvalue weighted by Gasteiger charge is -2.19. The highest BCUT2D eigenvalue weighted by atomic mass is 32.2. The summed E-state index contributed by atoms with van der Waals surface area (Å²) in [5.74, 6) is 0.576. The van der Waals surface area contributed by atoms with E-state index in [-0.39, 0.29) is 30.0 Å². The Bertz CT molecular complexity index is 1110. The molecule has 0 bridgehead atoms. The van der Waals surface area contributed by atoms with Gasteiger partial charge in [0.2, 0.25) is 16.8 Å². The van der Waals surface area contributed by atoms with E-state index < -0.39 is 10.0 Å². The number of nitrogens with one attached hydrogen (secondary N) is 1. The molecule has 0 radical (unpaired) electrons. The van der Waals surface area contributed by atoms with Gasteiger partial charge in [0, 0.05) is 12.5 Å². The summed E-state index contributed by atoms with van der Waals surface area (Å²) in [6, 6.07) is 18.2. The Kier molecular flexibility index (Phi) is 5.25. The summed E-state index contributed by atoms with van der Waals surface area (Å²) in [6.45, 7) is 2.16. The Hall–Kier alpha value is -2.90. The molecule has 3 aromatic carbocycles. The molecule has 0 spiro atoms. The fourth-order valence-electron chi connectivity index (χ4n) is 3.25. The summed E-state index contributed by atoms with van der Waals surface area (Å²) < 4.78 is 52.4. The minimum absolute atomic E-state index is 0.113. The molecule has 150 valence electrons. The van der Waals surface area contributed by atoms with Gasteiger partial charge in [-0.05, 0) is 54.4 Å². The van der Waals surface area contributed by atoms with Crippen molar-refractivity contribution >= 4 is 10.0 Å². The number of ether oxygens (including phenoxy) is 2. The number of benzene rings is 3. The second-order valence-corrected chi connectivity index (χ2v) is 8.65. The van der Waals surface area contributed by atoms with Gasteiger partial charge in [-0.15, -0.1) is 0 Å². The van der Waals surface area contributed by atoms with E-state index in [0.29, 0.717) is 11.5 Å². The first-order valence-corrected chi connectivity index (χ1v) is 10.6. The lowest BCUT2D eigenvalue weighted by atomic mass is 9.91. The Morgan fingerprint density at radius 2 is 1.59 bits per heavy atom. The molecule has 4 rings (SSSR count). The molecule has 5 nitrogen and oxygen atoms in total. The molecule has 7 heteroatoms. The maximum Gasteiger partial charge on any atom is 0.240 e. The maximum absolute atomic E-state index is 13.4. The average molecular weight is 413 g/mol. The standard InChI is InChI=1S/C22H20FNO4S/c1-15-2-9-19(10-3-15)29(25,26)24-13-20(16-4-7-18(23)8-5-16)17-6-11-21-22(12-17)28-14-27-21/h2-12,20,24H,13-14H2,1H3. The van der Waals surface area contributed by atoms with Gasteiger partial charge in [0.15, 0.2) is 11.5 Å². The fraction of sp³-hybridized carbons (Fsp3) is 0.182. The highest BCUT2D eigenvalue weighted by Crippen LogP contribution is 2.36. The fourth-order valence-corrected chi connectivity index (χ4v) is 4.29. The molecule has 0 fully saturated rings. The third-order valence-corrected chi connectivity index (χ3v) is 6.32. The van der Waals surface area contributed by atoms with Gasteiger partial charge in [-0.2, -0.15) is 0 Å². The predicted molar refractivity (Wildman–Crippen MR) is 107 cm³/mol. The third kappa shape index (κ3) is 4.26. The molecule has 0 saturated carbocycles. The maximum atomic E-state index is 13.4. The Morgan fingerprint density at radius 3 is 2.31 bits per heavy atom. The zero-order chi connectivity index (χ0) is 20.4. The molecular formula is C22H20FNO4S. The molecule has 1 atom stereocenters. The second-order valence-electron chi connectivity index (χ2n) is 6.88. The van der Waals surface area contributed by atoms with Gasteiger partial charge in [-0.25, -0.2) is 17.5 Å². The number of halogens is 1. The van der Waals surface area contributed by atoms with E-state index in [1.807, 2.05) is 19.1 Å². The summed E-state index contributed by atoms with van der Waals surface area (Å²) in [5, 5.41) is 0. The number of fused-ring (bicyclic) bond motifs is 1. The van der Waals surface area contributed by atoms with Crippen molar-refractivity contribution < 1.29 is 22.3 Å². The van der Waals surface area contributed by atoms with Crippen LogP contribution < -0.4 is 14.2 Å². The first kappa shape index (κ1) is 19.4. The van der Waals surface area contributed by atoms with Gasteiger partial charge in [0.05, 0.1) is 4.90 Å². The van der Waals surface area contributed by atoms with Crippen molar-refractivity contribution in [2.75, 3.05) is 13.3 Å². The molecule has 0 aliphatic carbocycles. The molecule has 1 N–H and O–H groups in total. The van der Waals surface area contributed by atoms with Crippen molar-refractivity contribution in [1.29, 1.82) is 0 Å². The largest absolute Gasteiger partial charge is 0.454 e. The monoisotopic (exact) mass is 413 g/mol. The Balaban J connectivity index is 1.64. The van der Waals surface area contributed by atoms with Gasteiger partial charge in [0.1, 0.15) is 5.82 Å². The van der Waals surface area contributed by atoms with Gasteiger partial charge >= 0.3 is 0 Å². The molecule has 0 aromatic heterocycles. The van der Waals surface area contributed by atoms with Crippen LogP contribution in [-0.4, -0.2) is 21.8 Å². The molecule has 0 amide bonds. The van der Waals surface area contributed by atoms with Gasteiger partial charge in [-0.3, -0.25) is 0 Å². The molecule has 29 heavy (non-hydrogen) atoms. The van der Waals surface area contributed by atoms with E-state index in [0.717, 1.165) is 16.7 Å². The molecular weight excluding hydrogens is 393 g/mol. The van der Waals surface area contributed by atoms with Crippen LogP contribution in [0.3, 0.4) is 0 Å². The van der Waals surface area contributed by atoms with Crippen LogP contribution in [0.4, 0.5) is 4.39 Å². The molecule has 1 unspecified atom stereocenters. The van der Waals surface area contributed by atoms with E-state index in [9.17, 15) is 12.8 Å². The van der Waals surface area contributed by atoms with Crippen molar-refractivity contribution in [3.8, 4) is 11.5 Å². The zero-order valence-corrected chi connectivity index (χ0v) is 16.6. The summed E-state index contributed by atoms with van der Waals surface area (Å²) in [6.07, 6.45) is 0. The Morgan fingerprint density at radius 1 is 0.931 bits per heavy atom. The summed E-state index contributed by atoms with van der Waals surface area (Å²) in [7, 11) is -3.69. The minimum Gasteiger partial charge on any atom is -0.454 e. The number of rotatable bonds is 6. The highest BCUT2D eigenvalue weighted by molar-refractivity contribution is 7.89. The van der Waals surface area contributed by atoms with Crippen molar-refractivity contribution in [2.24, 2.45) is 0 Å². The Labute approximate surface area is 169 Å². The van der Waals surface area contributed by atoms with Crippen molar-refractivity contribution in [3.05, 3.63) is 89.2 Å². The van der Waals surface area contributed by atoms with E-state index in [2.05, 4.69) is 4.72 Å². The summed E-state index contributed by atoms with van der Waals surface area (Å²) in [4.78, 5) is 0.201. The lowest BCUT2D eigenvalue weighted by molar-refractivity contribution is 0.174. The third-order valence-electron chi connectivity index (χ3n) is 4.88. The number of hydrogen-bond donors (Lipinski definition) is 1. The molecule has 1 aliphatic rings. The van der Waals surface area contributed by atoms with E-state index in [4.69, 9.17) is 9.47 Å². The van der Waals surface area contributed by atoms with Crippen molar-refractivity contribution in [2.45, 2.75) is 17.7 Å². The normalized spacial score (nSPS) is 14.0. The van der Waals surface area contributed by atoms with E-state index >= 15 is 0 Å². The lowest BCUT2D eigenvalue weighted by Crippen LogP contribution is -2.29. The van der Waals surface area contributed by atoms with Crippen LogP contribution >= 0.6 is 0 Å². The van der Waals surface area contributed by atoms with E-state index in [1.165, 1.54) is 12.1 Å². The van der Waals surface area contributed by atoms with Crippen molar-refractivity contribution in [1.82, 2.24) is 4.72 Å². The van der Waals surface area contributed by atoms with Crippen LogP contribution in [0.25, 0.3) is 0 Å². The first-order chi connectivity index (χ1) is 13.9. The number of sulfonamides is 1. The first-order valence-electron chi connectivity index (χ1n) is 9.14. The van der Waals surface area contributed by atoms with Crippen LogP contribution in [-0.2, 0) is 10.0 Å². The van der Waals surface area contributed by atoms with Gasteiger partial charge < -0.3 is 9.47 Å². The predicted octanol–water partition coefficient (Wildman–Crippen LogP) is 3.97. The van der Waals surface area contributed by atoms with Crippen molar-refractivity contribution in [3.63, 3.8) is 0 Å². The van der Waals surface area contributed by atoms with E-state index in [1.54, 1.807) is 42.5 Å². The molecule has 1 heterocycles. The minimum atomic E-state index is -3.69. The average Bonchev–Trinajstić information content (AvgIpc) is 3.18. The van der Waals surface area contributed by atoms with Crippen LogP contribution in [0.1, 0.15) is 22.6 Å². The topological polar surface area (TPSA) is 64.6 Å². The van der Waals surface area contributed by atoms with Crippen LogP contribution in [0.5, 0.6) is 11.5 Å². The zero-order valence-electron chi connectivity index (χ0n) is 15.8. The van der Waals surface area contributed by atoms with Gasteiger partial charge in [-0.1, -0.05) is 35.9 Å².